The van der Waals surface area contributed by atoms with E-state index < -0.39 is 0 Å². The van der Waals surface area contributed by atoms with Crippen molar-refractivity contribution in [3.8, 4) is 10.6 Å². The smallest absolute Gasteiger partial charge is 0.317 e. The molecule has 0 radical (unpaired) electrons. The van der Waals surface area contributed by atoms with Crippen LogP contribution in [0.3, 0.4) is 0 Å². The normalized spacial score (nSPS) is 15.8. The van der Waals surface area contributed by atoms with Gasteiger partial charge in [-0.25, -0.2) is 19.7 Å². The van der Waals surface area contributed by atoms with Gasteiger partial charge < -0.3 is 5.32 Å². The van der Waals surface area contributed by atoms with E-state index in [4.69, 9.17) is 4.98 Å². The molecule has 6 heterocycles. The molecule has 1 saturated heterocycles. The molecule has 0 aromatic carbocycles. The number of pyridine rings is 2. The summed E-state index contributed by atoms with van der Waals surface area (Å²) in [5.74, 6) is 0. The number of hydrogen-bond donors (Lipinski definition) is 2. The second kappa shape index (κ2) is 6.19. The SMILES string of the molecule is Cn1c(=O)n(C2CCNCC2)c2c3nc(-c4cnc5[nH]ncc5c4)sc3ncc21. The summed E-state index contributed by atoms with van der Waals surface area (Å²) in [4.78, 5) is 27.8. The summed E-state index contributed by atoms with van der Waals surface area (Å²) in [6.07, 6.45) is 7.19. The Labute approximate surface area is 168 Å². The van der Waals surface area contributed by atoms with Gasteiger partial charge in [-0.15, -0.1) is 0 Å². The Kier molecular flexibility index (Phi) is 3.59. The fraction of sp³-hybridized carbons (Fsp3) is 0.316. The highest BCUT2D eigenvalue weighted by atomic mass is 32.1. The van der Waals surface area contributed by atoms with E-state index in [9.17, 15) is 4.79 Å². The highest BCUT2D eigenvalue weighted by Gasteiger charge is 2.24. The number of H-pyrrole nitrogens is 1. The third kappa shape index (κ3) is 2.45. The molecule has 5 aromatic heterocycles. The molecular weight excluding hydrogens is 388 g/mol. The van der Waals surface area contributed by atoms with Crippen molar-refractivity contribution in [3.05, 3.63) is 35.1 Å². The molecule has 2 N–H and O–H groups in total. The van der Waals surface area contributed by atoms with Crippen molar-refractivity contribution >= 4 is 43.8 Å². The predicted molar refractivity (Wildman–Crippen MR) is 112 cm³/mol. The molecule has 0 unspecified atom stereocenters. The molecule has 1 fully saturated rings. The molecule has 0 aliphatic carbocycles. The number of fused-ring (bicyclic) bond motifs is 4. The van der Waals surface area contributed by atoms with Crippen molar-refractivity contribution in [1.82, 2.24) is 39.6 Å². The van der Waals surface area contributed by atoms with Crippen LogP contribution < -0.4 is 11.0 Å². The average molecular weight is 406 g/mol. The van der Waals surface area contributed by atoms with Gasteiger partial charge in [-0.3, -0.25) is 14.2 Å². The molecule has 0 bridgehead atoms. The van der Waals surface area contributed by atoms with E-state index in [0.29, 0.717) is 0 Å². The zero-order valence-corrected chi connectivity index (χ0v) is 16.5. The summed E-state index contributed by atoms with van der Waals surface area (Å²) in [6.45, 7) is 1.83. The fourth-order valence-corrected chi connectivity index (χ4v) is 5.07. The van der Waals surface area contributed by atoms with Crippen molar-refractivity contribution in [2.45, 2.75) is 18.9 Å². The Morgan fingerprint density at radius 2 is 2.03 bits per heavy atom. The molecule has 6 rings (SSSR count). The van der Waals surface area contributed by atoms with Crippen molar-refractivity contribution in [1.29, 1.82) is 0 Å². The minimum absolute atomic E-state index is 0.00256. The maximum Gasteiger partial charge on any atom is 0.329 e. The van der Waals surface area contributed by atoms with E-state index in [1.54, 1.807) is 30.2 Å². The van der Waals surface area contributed by atoms with E-state index in [0.717, 1.165) is 68.9 Å². The Bertz CT molecular complexity index is 1440. The van der Waals surface area contributed by atoms with Crippen LogP contribution in [0.25, 0.3) is 43.0 Å². The lowest BCUT2D eigenvalue weighted by Crippen LogP contribution is -2.34. The number of nitrogens with zero attached hydrogens (tertiary/aromatic N) is 6. The van der Waals surface area contributed by atoms with Crippen LogP contribution in [0, 0.1) is 0 Å². The molecule has 1 aliphatic rings. The van der Waals surface area contributed by atoms with E-state index in [-0.39, 0.29) is 11.7 Å². The molecule has 5 aromatic rings. The summed E-state index contributed by atoms with van der Waals surface area (Å²) >= 11 is 1.52. The number of hydrogen-bond acceptors (Lipinski definition) is 7. The van der Waals surface area contributed by atoms with Crippen LogP contribution >= 0.6 is 11.3 Å². The number of rotatable bonds is 2. The summed E-state index contributed by atoms with van der Waals surface area (Å²) in [6, 6.07) is 2.19. The van der Waals surface area contributed by atoms with Gasteiger partial charge in [-0.05, 0) is 32.0 Å². The van der Waals surface area contributed by atoms with Crippen LogP contribution in [0.5, 0.6) is 0 Å². The topological polar surface area (TPSA) is 106 Å². The van der Waals surface area contributed by atoms with E-state index >= 15 is 0 Å². The number of aromatic amines is 1. The third-order valence-electron chi connectivity index (χ3n) is 5.69. The van der Waals surface area contributed by atoms with Crippen LogP contribution in [0.1, 0.15) is 18.9 Å². The van der Waals surface area contributed by atoms with Crippen LogP contribution in [0.4, 0.5) is 0 Å². The molecule has 146 valence electrons. The second-order valence-electron chi connectivity index (χ2n) is 7.39. The number of aryl methyl sites for hydroxylation is 1. The average Bonchev–Trinajstić information content (AvgIpc) is 3.45. The van der Waals surface area contributed by atoms with Crippen LogP contribution in [0.2, 0.25) is 0 Å². The molecule has 0 spiro atoms. The minimum Gasteiger partial charge on any atom is -0.317 e. The Balaban J connectivity index is 1.60. The summed E-state index contributed by atoms with van der Waals surface area (Å²) < 4.78 is 3.61. The first-order valence-electron chi connectivity index (χ1n) is 9.57. The first-order valence-corrected chi connectivity index (χ1v) is 10.4. The quantitative estimate of drug-likeness (QED) is 0.466. The largest absolute Gasteiger partial charge is 0.329 e. The maximum atomic E-state index is 13.1. The lowest BCUT2D eigenvalue weighted by molar-refractivity contribution is 0.366. The van der Waals surface area contributed by atoms with E-state index in [1.807, 2.05) is 10.6 Å². The molecule has 0 amide bonds. The summed E-state index contributed by atoms with van der Waals surface area (Å²) in [5.41, 5.74) is 4.15. The van der Waals surface area contributed by atoms with Gasteiger partial charge in [0.05, 0.1) is 17.9 Å². The molecular formula is C19H18N8OS. The van der Waals surface area contributed by atoms with Crippen molar-refractivity contribution in [2.24, 2.45) is 7.05 Å². The zero-order chi connectivity index (χ0) is 19.5. The van der Waals surface area contributed by atoms with Crippen molar-refractivity contribution in [2.75, 3.05) is 13.1 Å². The molecule has 9 nitrogen and oxygen atoms in total. The molecule has 29 heavy (non-hydrogen) atoms. The van der Waals surface area contributed by atoms with Crippen LogP contribution in [-0.2, 0) is 7.05 Å². The summed E-state index contributed by atoms with van der Waals surface area (Å²) in [7, 11) is 1.81. The Hall–Kier alpha value is -3.11. The van der Waals surface area contributed by atoms with Gasteiger partial charge in [0.15, 0.2) is 5.65 Å². The van der Waals surface area contributed by atoms with Gasteiger partial charge in [0, 0.05) is 30.2 Å². The number of thiazole rings is 1. The first-order chi connectivity index (χ1) is 14.2. The van der Waals surface area contributed by atoms with E-state index in [2.05, 4.69) is 25.5 Å². The fourth-order valence-electron chi connectivity index (χ4n) is 4.18. The van der Waals surface area contributed by atoms with Crippen molar-refractivity contribution < 1.29 is 0 Å². The lowest BCUT2D eigenvalue weighted by Gasteiger charge is -2.23. The number of nitrogens with one attached hydrogen (secondary N) is 2. The highest BCUT2D eigenvalue weighted by Crippen LogP contribution is 2.34. The van der Waals surface area contributed by atoms with Crippen molar-refractivity contribution in [3.63, 3.8) is 0 Å². The van der Waals surface area contributed by atoms with Gasteiger partial charge >= 0.3 is 5.69 Å². The molecule has 1 aliphatic heterocycles. The Morgan fingerprint density at radius 1 is 1.17 bits per heavy atom. The minimum atomic E-state index is -0.00256. The van der Waals surface area contributed by atoms with Gasteiger partial charge in [-0.1, -0.05) is 11.3 Å². The van der Waals surface area contributed by atoms with Gasteiger partial charge in [0.25, 0.3) is 0 Å². The predicted octanol–water partition coefficient (Wildman–Crippen LogP) is 2.21. The summed E-state index contributed by atoms with van der Waals surface area (Å²) in [5, 5.41) is 12.0. The number of aromatic nitrogens is 7. The first kappa shape index (κ1) is 16.8. The van der Waals surface area contributed by atoms with Gasteiger partial charge in [-0.2, -0.15) is 5.10 Å². The van der Waals surface area contributed by atoms with Crippen LogP contribution in [-0.4, -0.2) is 47.4 Å². The Morgan fingerprint density at radius 3 is 2.90 bits per heavy atom. The standard InChI is InChI=1S/C19H18N8OS/c1-26-13-9-22-18-14(15(13)27(19(26)28)12-2-4-20-5-3-12)24-17(29-18)11-6-10-8-23-25-16(10)21-7-11/h6-9,12,20H,2-5H2,1H3,(H,21,23,25). The van der Waals surface area contributed by atoms with Gasteiger partial charge in [0.2, 0.25) is 0 Å². The lowest BCUT2D eigenvalue weighted by atomic mass is 10.1. The molecule has 10 heteroatoms. The number of imidazole rings is 1. The monoisotopic (exact) mass is 406 g/mol. The van der Waals surface area contributed by atoms with Crippen LogP contribution in [0.15, 0.2) is 29.5 Å². The maximum absolute atomic E-state index is 13.1. The second-order valence-corrected chi connectivity index (χ2v) is 8.37. The molecule has 0 atom stereocenters. The molecule has 0 saturated carbocycles. The van der Waals surface area contributed by atoms with E-state index in [1.165, 1.54) is 11.3 Å². The third-order valence-corrected chi connectivity index (χ3v) is 6.70. The zero-order valence-electron chi connectivity index (χ0n) is 15.7. The number of piperidine rings is 1. The highest BCUT2D eigenvalue weighted by molar-refractivity contribution is 7.21. The van der Waals surface area contributed by atoms with Gasteiger partial charge in [0.1, 0.15) is 20.9 Å².